The first-order valence-corrected chi connectivity index (χ1v) is 9.85. The van der Waals surface area contributed by atoms with Gasteiger partial charge in [-0.1, -0.05) is 42.5 Å². The number of amides is 2. The summed E-state index contributed by atoms with van der Waals surface area (Å²) < 4.78 is 0. The van der Waals surface area contributed by atoms with Crippen LogP contribution in [-0.2, 0) is 6.42 Å². The third-order valence-corrected chi connectivity index (χ3v) is 5.14. The van der Waals surface area contributed by atoms with Gasteiger partial charge in [-0.3, -0.25) is 4.90 Å². The van der Waals surface area contributed by atoms with E-state index < -0.39 is 0 Å². The van der Waals surface area contributed by atoms with Crippen LogP contribution in [0.3, 0.4) is 0 Å². The van der Waals surface area contributed by atoms with Crippen molar-refractivity contribution in [2.45, 2.75) is 51.6 Å². The molecule has 1 saturated heterocycles. The van der Waals surface area contributed by atoms with Crippen LogP contribution in [-0.4, -0.2) is 35.6 Å². The van der Waals surface area contributed by atoms with Gasteiger partial charge in [0.1, 0.15) is 0 Å². The van der Waals surface area contributed by atoms with E-state index in [9.17, 15) is 4.79 Å². The summed E-state index contributed by atoms with van der Waals surface area (Å²) >= 11 is 0. The van der Waals surface area contributed by atoms with Crippen LogP contribution in [0.4, 0.5) is 10.5 Å². The second kappa shape index (κ2) is 8.57. The van der Waals surface area contributed by atoms with Crippen LogP contribution in [0, 0.1) is 0 Å². The quantitative estimate of drug-likeness (QED) is 0.827. The van der Waals surface area contributed by atoms with Gasteiger partial charge in [0.2, 0.25) is 0 Å². The number of urea groups is 1. The van der Waals surface area contributed by atoms with Crippen molar-refractivity contribution in [3.8, 4) is 0 Å². The average molecular weight is 366 g/mol. The molecule has 1 atom stereocenters. The molecule has 2 N–H and O–H groups in total. The van der Waals surface area contributed by atoms with E-state index in [-0.39, 0.29) is 17.6 Å². The maximum Gasteiger partial charge on any atom is 0.319 e. The molecule has 3 rings (SSSR count). The topological polar surface area (TPSA) is 44.4 Å². The van der Waals surface area contributed by atoms with Gasteiger partial charge in [-0.25, -0.2) is 4.79 Å². The number of nitrogens with one attached hydrogen (secondary N) is 2. The molecule has 1 unspecified atom stereocenters. The molecule has 2 amide bonds. The van der Waals surface area contributed by atoms with Crippen LogP contribution in [0.1, 0.15) is 44.7 Å². The summed E-state index contributed by atoms with van der Waals surface area (Å²) in [6.07, 6.45) is 3.02. The van der Waals surface area contributed by atoms with Crippen LogP contribution in [0.5, 0.6) is 0 Å². The molecule has 1 aliphatic heterocycles. The van der Waals surface area contributed by atoms with Crippen LogP contribution in [0.2, 0.25) is 0 Å². The Morgan fingerprint density at radius 3 is 2.56 bits per heavy atom. The highest BCUT2D eigenvalue weighted by Gasteiger charge is 2.28. The Kier molecular flexibility index (Phi) is 6.17. The van der Waals surface area contributed by atoms with Gasteiger partial charge in [0, 0.05) is 23.8 Å². The summed E-state index contributed by atoms with van der Waals surface area (Å²) in [5.41, 5.74) is 3.44. The van der Waals surface area contributed by atoms with E-state index in [1.54, 1.807) is 0 Å². The maximum atomic E-state index is 12.5. The summed E-state index contributed by atoms with van der Waals surface area (Å²) in [6, 6.07) is 18.5. The van der Waals surface area contributed by atoms with Crippen molar-refractivity contribution in [1.29, 1.82) is 0 Å². The molecule has 0 aliphatic carbocycles. The van der Waals surface area contributed by atoms with Crippen LogP contribution < -0.4 is 10.6 Å². The van der Waals surface area contributed by atoms with Gasteiger partial charge in [-0.15, -0.1) is 0 Å². The van der Waals surface area contributed by atoms with Crippen molar-refractivity contribution in [1.82, 2.24) is 10.2 Å². The smallest absolute Gasteiger partial charge is 0.319 e. The number of anilines is 1. The third-order valence-electron chi connectivity index (χ3n) is 5.14. The average Bonchev–Trinajstić information content (AvgIpc) is 2.62. The standard InChI is InChI=1S/C23H31N3O/c1-23(2,3)26-14-8-13-21(17-26)25-22(27)24-20-12-7-11-19(16-20)15-18-9-5-4-6-10-18/h4-7,9-12,16,21H,8,13-15,17H2,1-3H3,(H2,24,25,27). The van der Waals surface area contributed by atoms with Gasteiger partial charge in [0.25, 0.3) is 0 Å². The molecular weight excluding hydrogens is 334 g/mol. The Bertz CT molecular complexity index is 752. The lowest BCUT2D eigenvalue weighted by Gasteiger charge is -2.41. The predicted octanol–water partition coefficient (Wildman–Crippen LogP) is 4.66. The normalized spacial score (nSPS) is 18.1. The zero-order chi connectivity index (χ0) is 19.3. The Balaban J connectivity index is 1.55. The minimum absolute atomic E-state index is 0.118. The van der Waals surface area contributed by atoms with Gasteiger partial charge in [0.05, 0.1) is 0 Å². The van der Waals surface area contributed by atoms with E-state index in [4.69, 9.17) is 0 Å². The summed E-state index contributed by atoms with van der Waals surface area (Å²) in [6.45, 7) is 8.70. The first-order chi connectivity index (χ1) is 12.9. The molecular formula is C23H31N3O. The van der Waals surface area contributed by atoms with Gasteiger partial charge in [-0.05, 0) is 69.8 Å². The molecule has 0 spiro atoms. The van der Waals surface area contributed by atoms with Gasteiger partial charge >= 0.3 is 6.03 Å². The summed E-state index contributed by atoms with van der Waals surface area (Å²) in [5.74, 6) is 0. The molecule has 0 saturated carbocycles. The molecule has 1 aliphatic rings. The number of rotatable bonds is 4. The molecule has 1 heterocycles. The van der Waals surface area contributed by atoms with E-state index in [2.05, 4.69) is 72.7 Å². The second-order valence-electron chi connectivity index (χ2n) is 8.42. The zero-order valence-corrected chi connectivity index (χ0v) is 16.7. The Labute approximate surface area is 163 Å². The lowest BCUT2D eigenvalue weighted by atomic mass is 9.98. The molecule has 2 aromatic rings. The predicted molar refractivity (Wildman–Crippen MR) is 112 cm³/mol. The van der Waals surface area contributed by atoms with Crippen molar-refractivity contribution in [3.05, 3.63) is 65.7 Å². The number of piperidine rings is 1. The summed E-state index contributed by atoms with van der Waals surface area (Å²) in [4.78, 5) is 14.9. The largest absolute Gasteiger partial charge is 0.334 e. The Morgan fingerprint density at radius 1 is 1.07 bits per heavy atom. The molecule has 0 aromatic heterocycles. The van der Waals surface area contributed by atoms with Gasteiger partial charge in [-0.2, -0.15) is 0 Å². The number of hydrogen-bond acceptors (Lipinski definition) is 2. The van der Waals surface area contributed by atoms with E-state index in [1.807, 2.05) is 18.2 Å². The fourth-order valence-corrected chi connectivity index (χ4v) is 3.65. The number of carbonyl (C=O) groups is 1. The lowest BCUT2D eigenvalue weighted by Crippen LogP contribution is -2.54. The molecule has 1 fully saturated rings. The van der Waals surface area contributed by atoms with Crippen LogP contribution in [0.25, 0.3) is 0 Å². The van der Waals surface area contributed by atoms with E-state index in [1.165, 1.54) is 11.1 Å². The number of benzene rings is 2. The highest BCUT2D eigenvalue weighted by Crippen LogP contribution is 2.20. The Hall–Kier alpha value is -2.33. The molecule has 4 heteroatoms. The van der Waals surface area contributed by atoms with Gasteiger partial charge < -0.3 is 10.6 Å². The van der Waals surface area contributed by atoms with Gasteiger partial charge in [0.15, 0.2) is 0 Å². The highest BCUT2D eigenvalue weighted by atomic mass is 16.2. The first-order valence-electron chi connectivity index (χ1n) is 9.85. The van der Waals surface area contributed by atoms with Crippen molar-refractivity contribution < 1.29 is 4.79 Å². The van der Waals surface area contributed by atoms with Crippen LogP contribution >= 0.6 is 0 Å². The molecule has 2 aromatic carbocycles. The number of nitrogens with zero attached hydrogens (tertiary/aromatic N) is 1. The molecule has 27 heavy (non-hydrogen) atoms. The second-order valence-corrected chi connectivity index (χ2v) is 8.42. The monoisotopic (exact) mass is 365 g/mol. The van der Waals surface area contributed by atoms with Crippen LogP contribution in [0.15, 0.2) is 54.6 Å². The van der Waals surface area contributed by atoms with E-state index in [0.29, 0.717) is 0 Å². The van der Waals surface area contributed by atoms with E-state index >= 15 is 0 Å². The fraction of sp³-hybridized carbons (Fsp3) is 0.435. The van der Waals surface area contributed by atoms with Crippen molar-refractivity contribution >= 4 is 11.7 Å². The van der Waals surface area contributed by atoms with Crippen molar-refractivity contribution in [3.63, 3.8) is 0 Å². The SMILES string of the molecule is CC(C)(C)N1CCCC(NC(=O)Nc2cccc(Cc3ccccc3)c2)C1. The Morgan fingerprint density at radius 2 is 1.81 bits per heavy atom. The third kappa shape index (κ3) is 5.83. The molecule has 4 nitrogen and oxygen atoms in total. The zero-order valence-electron chi connectivity index (χ0n) is 16.7. The van der Waals surface area contributed by atoms with Crippen molar-refractivity contribution in [2.75, 3.05) is 18.4 Å². The summed E-state index contributed by atoms with van der Waals surface area (Å²) in [7, 11) is 0. The summed E-state index contributed by atoms with van der Waals surface area (Å²) in [5, 5.41) is 6.15. The molecule has 0 bridgehead atoms. The van der Waals surface area contributed by atoms with Crippen molar-refractivity contribution in [2.24, 2.45) is 0 Å². The lowest BCUT2D eigenvalue weighted by molar-refractivity contribution is 0.0932. The minimum atomic E-state index is -0.118. The fourth-order valence-electron chi connectivity index (χ4n) is 3.65. The number of carbonyl (C=O) groups excluding carboxylic acids is 1. The highest BCUT2D eigenvalue weighted by molar-refractivity contribution is 5.89. The van der Waals surface area contributed by atoms with E-state index in [0.717, 1.165) is 38.0 Å². The maximum absolute atomic E-state index is 12.5. The molecule has 144 valence electrons. The number of likely N-dealkylation sites (tertiary alicyclic amines) is 1. The number of hydrogen-bond donors (Lipinski definition) is 2. The molecule has 0 radical (unpaired) electrons. The minimum Gasteiger partial charge on any atom is -0.334 e. The first kappa shape index (κ1) is 19.4.